The molecule has 0 N–H and O–H groups in total. The first-order chi connectivity index (χ1) is 16.3. The second kappa shape index (κ2) is 11.7. The highest BCUT2D eigenvalue weighted by molar-refractivity contribution is 5.76. The lowest BCUT2D eigenvalue weighted by atomic mass is 10.1. The molecule has 0 saturated carbocycles. The van der Waals surface area contributed by atoms with Gasteiger partial charge in [0.15, 0.2) is 6.10 Å². The quantitative estimate of drug-likeness (QED) is 0.128. The van der Waals surface area contributed by atoms with E-state index < -0.39 is 46.9 Å². The number of halogens is 5. The Morgan fingerprint density at radius 1 is 0.765 bits per heavy atom. The van der Waals surface area contributed by atoms with Crippen molar-refractivity contribution in [3.05, 3.63) is 101 Å². The van der Waals surface area contributed by atoms with Crippen LogP contribution in [0.3, 0.4) is 0 Å². The molecule has 1 unspecified atom stereocenters. The molecule has 1 atom stereocenters. The number of nitrogens with zero attached hydrogens (tertiary/aromatic N) is 1. The Kier molecular flexibility index (Phi) is 8.72. The smallest absolute Gasteiger partial charge is 0.340 e. The van der Waals surface area contributed by atoms with Gasteiger partial charge in [-0.15, -0.1) is 0 Å². The lowest BCUT2D eigenvalue weighted by Crippen LogP contribution is -2.32. The molecule has 3 aromatic rings. The van der Waals surface area contributed by atoms with Crippen LogP contribution < -0.4 is 4.74 Å². The molecule has 0 aliphatic rings. The molecular weight excluding hydrogens is 457 g/mol. The highest BCUT2D eigenvalue weighted by Crippen LogP contribution is 2.29. The molecule has 0 aliphatic carbocycles. The molecule has 0 fully saturated rings. The third-order valence-corrected chi connectivity index (χ3v) is 4.98. The van der Waals surface area contributed by atoms with E-state index in [2.05, 4.69) is 9.64 Å². The fourth-order valence-corrected chi connectivity index (χ4v) is 3.18. The van der Waals surface area contributed by atoms with Crippen LogP contribution in [0.15, 0.2) is 60.7 Å². The molecule has 0 amide bonds. The first-order valence-electron chi connectivity index (χ1n) is 10.4. The van der Waals surface area contributed by atoms with E-state index in [9.17, 15) is 26.7 Å². The number of hydrogen-bond donors (Lipinski definition) is 0. The molecule has 9 heteroatoms. The fraction of sp³-hybridized carbons (Fsp3) is 0.240. The second-order valence-electron chi connectivity index (χ2n) is 7.52. The summed E-state index contributed by atoms with van der Waals surface area (Å²) < 4.78 is 77.1. The molecule has 4 nitrogen and oxygen atoms in total. The van der Waals surface area contributed by atoms with Gasteiger partial charge in [0.2, 0.25) is 34.8 Å². The van der Waals surface area contributed by atoms with Crippen molar-refractivity contribution in [2.45, 2.75) is 26.1 Å². The highest BCUT2D eigenvalue weighted by atomic mass is 19.2. The average molecular weight is 479 g/mol. The van der Waals surface area contributed by atoms with E-state index >= 15 is 0 Å². The van der Waals surface area contributed by atoms with Crippen molar-refractivity contribution in [2.75, 3.05) is 13.2 Å². The number of ether oxygens (including phenoxy) is 2. The van der Waals surface area contributed by atoms with Crippen LogP contribution in [0.25, 0.3) is 0 Å². The third kappa shape index (κ3) is 6.39. The Bertz CT molecular complexity index is 1040. The van der Waals surface area contributed by atoms with Crippen LogP contribution in [0.1, 0.15) is 18.1 Å². The number of benzene rings is 3. The van der Waals surface area contributed by atoms with E-state index in [0.717, 1.165) is 11.1 Å². The molecule has 0 radical (unpaired) electrons. The lowest BCUT2D eigenvalue weighted by molar-refractivity contribution is -0.147. The molecule has 0 aliphatic heterocycles. The van der Waals surface area contributed by atoms with Gasteiger partial charge in [0.25, 0.3) is 0 Å². The Balaban J connectivity index is 1.60. The number of carbonyl (C=O) groups excluding carboxylic acids is 1. The minimum atomic E-state index is -2.34. The largest absolute Gasteiger partial charge is 0.418 e. The maximum Gasteiger partial charge on any atom is 0.340 e. The van der Waals surface area contributed by atoms with Gasteiger partial charge < -0.3 is 9.47 Å². The van der Waals surface area contributed by atoms with Gasteiger partial charge in [-0.05, 0) is 18.1 Å². The summed E-state index contributed by atoms with van der Waals surface area (Å²) in [6, 6.07) is 19.4. The maximum absolute atomic E-state index is 13.8. The Labute approximate surface area is 193 Å². The lowest BCUT2D eigenvalue weighted by Gasteiger charge is -2.23. The summed E-state index contributed by atoms with van der Waals surface area (Å²) in [5, 5.41) is 0. The molecule has 34 heavy (non-hydrogen) atoms. The molecule has 0 saturated heterocycles. The normalized spacial score (nSPS) is 12.1. The van der Waals surface area contributed by atoms with Gasteiger partial charge in [0.05, 0.1) is 6.61 Å². The van der Waals surface area contributed by atoms with Crippen LogP contribution in [-0.2, 0) is 22.6 Å². The van der Waals surface area contributed by atoms with E-state index in [1.807, 2.05) is 60.7 Å². The highest BCUT2D eigenvalue weighted by Gasteiger charge is 2.30. The van der Waals surface area contributed by atoms with Crippen molar-refractivity contribution in [2.24, 2.45) is 0 Å². The molecule has 0 bridgehead atoms. The number of esters is 1. The summed E-state index contributed by atoms with van der Waals surface area (Å²) in [5.74, 6) is -14.1. The molecule has 3 aromatic carbocycles. The van der Waals surface area contributed by atoms with Gasteiger partial charge in [0.1, 0.15) is 0 Å². The minimum Gasteiger partial charge on any atom is -0.418 e. The van der Waals surface area contributed by atoms with Crippen molar-refractivity contribution in [3.63, 3.8) is 0 Å². The standard InChI is InChI=1S/C25H22F5NO3/c1-16(25(32)34-24-22(29)20(27)19(26)21(28)23(24)30)33-13-12-31(14-17-8-4-2-5-9-17)15-18-10-6-3-7-11-18/h2-11,16H,12-15H2,1H3. The summed E-state index contributed by atoms with van der Waals surface area (Å²) in [4.78, 5) is 14.2. The van der Waals surface area contributed by atoms with Gasteiger partial charge in [-0.1, -0.05) is 60.7 Å². The summed E-state index contributed by atoms with van der Waals surface area (Å²) in [6.07, 6.45) is -1.31. The van der Waals surface area contributed by atoms with E-state index in [0.29, 0.717) is 19.6 Å². The van der Waals surface area contributed by atoms with Gasteiger partial charge in [0, 0.05) is 19.6 Å². The van der Waals surface area contributed by atoms with Gasteiger partial charge in [-0.25, -0.2) is 18.0 Å². The van der Waals surface area contributed by atoms with E-state index in [-0.39, 0.29) is 6.61 Å². The predicted molar refractivity (Wildman–Crippen MR) is 114 cm³/mol. The van der Waals surface area contributed by atoms with Crippen LogP contribution in [0.4, 0.5) is 22.0 Å². The summed E-state index contributed by atoms with van der Waals surface area (Å²) in [7, 11) is 0. The van der Waals surface area contributed by atoms with Crippen LogP contribution in [0.2, 0.25) is 0 Å². The first-order valence-corrected chi connectivity index (χ1v) is 10.4. The molecule has 0 heterocycles. The molecule has 3 rings (SSSR count). The molecule has 0 aromatic heterocycles. The Morgan fingerprint density at radius 3 is 1.68 bits per heavy atom. The van der Waals surface area contributed by atoms with Gasteiger partial charge in [-0.2, -0.15) is 8.78 Å². The van der Waals surface area contributed by atoms with Crippen LogP contribution >= 0.6 is 0 Å². The first kappa shape index (κ1) is 25.3. The van der Waals surface area contributed by atoms with E-state index in [1.165, 1.54) is 6.92 Å². The molecular formula is C25H22F5NO3. The van der Waals surface area contributed by atoms with E-state index in [1.54, 1.807) is 0 Å². The second-order valence-corrected chi connectivity index (χ2v) is 7.52. The Morgan fingerprint density at radius 2 is 1.21 bits per heavy atom. The zero-order chi connectivity index (χ0) is 24.7. The zero-order valence-corrected chi connectivity index (χ0v) is 18.2. The summed E-state index contributed by atoms with van der Waals surface area (Å²) in [6.45, 7) is 2.90. The SMILES string of the molecule is CC(OCCN(Cc1ccccc1)Cc1ccccc1)C(=O)Oc1c(F)c(F)c(F)c(F)c1F. The van der Waals surface area contributed by atoms with Gasteiger partial charge >= 0.3 is 5.97 Å². The van der Waals surface area contributed by atoms with Crippen LogP contribution in [0.5, 0.6) is 5.75 Å². The molecule has 180 valence electrons. The average Bonchev–Trinajstić information content (AvgIpc) is 2.85. The number of hydrogen-bond acceptors (Lipinski definition) is 4. The summed E-state index contributed by atoms with van der Waals surface area (Å²) >= 11 is 0. The minimum absolute atomic E-state index is 0.0486. The summed E-state index contributed by atoms with van der Waals surface area (Å²) in [5.41, 5.74) is 2.13. The van der Waals surface area contributed by atoms with E-state index in [4.69, 9.17) is 4.74 Å². The van der Waals surface area contributed by atoms with Crippen molar-refractivity contribution >= 4 is 5.97 Å². The van der Waals surface area contributed by atoms with Crippen molar-refractivity contribution in [3.8, 4) is 5.75 Å². The van der Waals surface area contributed by atoms with Crippen LogP contribution in [-0.4, -0.2) is 30.1 Å². The van der Waals surface area contributed by atoms with Crippen molar-refractivity contribution < 1.29 is 36.2 Å². The zero-order valence-electron chi connectivity index (χ0n) is 18.2. The molecule has 0 spiro atoms. The number of rotatable bonds is 10. The van der Waals surface area contributed by atoms with Crippen molar-refractivity contribution in [1.82, 2.24) is 4.90 Å². The van der Waals surface area contributed by atoms with Crippen molar-refractivity contribution in [1.29, 1.82) is 0 Å². The third-order valence-electron chi connectivity index (χ3n) is 4.98. The maximum atomic E-state index is 13.8. The van der Waals surface area contributed by atoms with Gasteiger partial charge in [-0.3, -0.25) is 4.90 Å². The van der Waals surface area contributed by atoms with Crippen LogP contribution in [0, 0.1) is 29.1 Å². The predicted octanol–water partition coefficient (Wildman–Crippen LogP) is 5.40. The fourth-order valence-electron chi connectivity index (χ4n) is 3.18. The number of carbonyl (C=O) groups is 1. The topological polar surface area (TPSA) is 38.8 Å². The Hall–Kier alpha value is -3.30. The monoisotopic (exact) mass is 479 g/mol.